The van der Waals surface area contributed by atoms with Crippen molar-refractivity contribution in [1.82, 2.24) is 0 Å². The quantitative estimate of drug-likeness (QED) is 0.529. The van der Waals surface area contributed by atoms with Crippen molar-refractivity contribution in [3.63, 3.8) is 0 Å². The van der Waals surface area contributed by atoms with Gasteiger partial charge in [0.1, 0.15) is 0 Å². The highest BCUT2D eigenvalue weighted by Crippen LogP contribution is 2.59. The van der Waals surface area contributed by atoms with Crippen LogP contribution in [0.2, 0.25) is 0 Å². The highest BCUT2D eigenvalue weighted by molar-refractivity contribution is 7.99. The third-order valence-electron chi connectivity index (χ3n) is 4.60. The van der Waals surface area contributed by atoms with Crippen LogP contribution in [0.25, 0.3) is 0 Å². The molecule has 0 N–H and O–H groups in total. The van der Waals surface area contributed by atoms with E-state index in [1.165, 1.54) is 11.5 Å². The van der Waals surface area contributed by atoms with Gasteiger partial charge in [-0.2, -0.15) is 11.8 Å². The molecule has 4 aliphatic carbocycles. The summed E-state index contributed by atoms with van der Waals surface area (Å²) in [5.41, 5.74) is 0. The lowest BCUT2D eigenvalue weighted by Gasteiger charge is -2.53. The molecular formula is C12H14S. The average Bonchev–Trinajstić information content (AvgIpc) is 2.53. The van der Waals surface area contributed by atoms with Crippen molar-refractivity contribution < 1.29 is 0 Å². The van der Waals surface area contributed by atoms with Crippen LogP contribution in [-0.2, 0) is 0 Å². The molecule has 0 aromatic rings. The van der Waals surface area contributed by atoms with Gasteiger partial charge < -0.3 is 0 Å². The Morgan fingerprint density at radius 2 is 1.15 bits per heavy atom. The van der Waals surface area contributed by atoms with E-state index < -0.39 is 0 Å². The second-order valence-corrected chi connectivity index (χ2v) is 6.02. The Bertz CT molecular complexity index is 276. The van der Waals surface area contributed by atoms with Crippen LogP contribution < -0.4 is 0 Å². The van der Waals surface area contributed by atoms with Crippen molar-refractivity contribution in [3.05, 3.63) is 24.3 Å². The smallest absolute Gasteiger partial charge is 0.00300 e. The lowest BCUT2D eigenvalue weighted by atomic mass is 9.50. The van der Waals surface area contributed by atoms with E-state index in [4.69, 9.17) is 0 Å². The van der Waals surface area contributed by atoms with Crippen LogP contribution in [0.1, 0.15) is 0 Å². The molecule has 5 rings (SSSR count). The molecule has 68 valence electrons. The molecule has 1 saturated heterocycles. The monoisotopic (exact) mass is 190 g/mol. The van der Waals surface area contributed by atoms with Gasteiger partial charge in [-0.25, -0.2) is 0 Å². The molecule has 1 heterocycles. The molecular weight excluding hydrogens is 176 g/mol. The number of hydrogen-bond donors (Lipinski definition) is 0. The predicted octanol–water partition coefficient (Wildman–Crippen LogP) is 2.58. The fraction of sp³-hybridized carbons (Fsp3) is 0.667. The summed E-state index contributed by atoms with van der Waals surface area (Å²) in [5, 5.41) is 0. The van der Waals surface area contributed by atoms with Crippen LogP contribution in [-0.4, -0.2) is 11.5 Å². The topological polar surface area (TPSA) is 0 Å². The van der Waals surface area contributed by atoms with Crippen LogP contribution in [0, 0.1) is 35.5 Å². The third-order valence-corrected chi connectivity index (χ3v) is 5.84. The molecule has 0 amide bonds. The second-order valence-electron chi connectivity index (χ2n) is 4.94. The molecule has 1 saturated carbocycles. The molecule has 1 heteroatoms. The first-order valence-electron chi connectivity index (χ1n) is 5.39. The summed E-state index contributed by atoms with van der Waals surface area (Å²) in [7, 11) is 0. The zero-order valence-electron chi connectivity index (χ0n) is 7.60. The summed E-state index contributed by atoms with van der Waals surface area (Å²) in [5.74, 6) is 8.66. The minimum Gasteiger partial charge on any atom is -0.161 e. The summed E-state index contributed by atoms with van der Waals surface area (Å²) < 4.78 is 0. The highest BCUT2D eigenvalue weighted by atomic mass is 32.2. The van der Waals surface area contributed by atoms with Gasteiger partial charge in [0.2, 0.25) is 0 Å². The van der Waals surface area contributed by atoms with Gasteiger partial charge >= 0.3 is 0 Å². The number of thioether (sulfide) groups is 1. The summed E-state index contributed by atoms with van der Waals surface area (Å²) in [6.07, 6.45) is 9.99. The Morgan fingerprint density at radius 3 is 1.62 bits per heavy atom. The molecule has 0 aromatic heterocycles. The Labute approximate surface area is 83.5 Å². The third kappa shape index (κ3) is 0.721. The Morgan fingerprint density at radius 1 is 0.692 bits per heavy atom. The van der Waals surface area contributed by atoms with Gasteiger partial charge in [0.15, 0.2) is 0 Å². The molecule has 0 unspecified atom stereocenters. The van der Waals surface area contributed by atoms with E-state index in [2.05, 4.69) is 36.1 Å². The molecule has 0 spiro atoms. The molecule has 0 aromatic carbocycles. The molecule has 0 nitrogen and oxygen atoms in total. The van der Waals surface area contributed by atoms with Crippen molar-refractivity contribution in [2.45, 2.75) is 0 Å². The van der Waals surface area contributed by atoms with Gasteiger partial charge in [0.05, 0.1) is 0 Å². The molecule has 2 fully saturated rings. The standard InChI is InChI=1S/C12H14S/c1-2-8-7(1)9-3-4-10(8)12-6-13-5-11(9)12/h1-4,7-12H,5-6H2/t7-,8-,9+,10+,11-,12+/m0/s1. The molecule has 6 atom stereocenters. The maximum absolute atomic E-state index is 2.53. The molecule has 2 bridgehead atoms. The normalized spacial score (nSPS) is 60.3. The van der Waals surface area contributed by atoms with Gasteiger partial charge in [-0.05, 0) is 47.0 Å². The Balaban J connectivity index is 1.83. The van der Waals surface area contributed by atoms with Gasteiger partial charge in [0.25, 0.3) is 0 Å². The maximum atomic E-state index is 2.53. The highest BCUT2D eigenvalue weighted by Gasteiger charge is 2.53. The van der Waals surface area contributed by atoms with Crippen molar-refractivity contribution in [3.8, 4) is 0 Å². The van der Waals surface area contributed by atoms with Crippen molar-refractivity contribution >= 4 is 11.8 Å². The van der Waals surface area contributed by atoms with Crippen LogP contribution in [0.4, 0.5) is 0 Å². The second kappa shape index (κ2) is 2.25. The molecule has 1 aliphatic heterocycles. The van der Waals surface area contributed by atoms with E-state index in [-0.39, 0.29) is 0 Å². The van der Waals surface area contributed by atoms with E-state index >= 15 is 0 Å². The Kier molecular flexibility index (Phi) is 1.24. The van der Waals surface area contributed by atoms with E-state index in [1.807, 2.05) is 0 Å². The van der Waals surface area contributed by atoms with Crippen LogP contribution in [0.3, 0.4) is 0 Å². The van der Waals surface area contributed by atoms with E-state index in [0.717, 1.165) is 35.5 Å². The molecule has 5 aliphatic rings. The van der Waals surface area contributed by atoms with Crippen LogP contribution >= 0.6 is 11.8 Å². The SMILES string of the molecule is C1=C[C@H]2[C@H]1[C@H]1C=C[C@H]2[C@@H]2CSC[C@H]12. The minimum absolute atomic E-state index is 0.917. The fourth-order valence-electron chi connectivity index (χ4n) is 3.89. The molecule has 13 heavy (non-hydrogen) atoms. The Hall–Kier alpha value is -0.170. The first kappa shape index (κ1) is 7.17. The first-order chi connectivity index (χ1) is 6.45. The van der Waals surface area contributed by atoms with E-state index in [1.54, 1.807) is 0 Å². The lowest BCUT2D eigenvalue weighted by Crippen LogP contribution is -2.49. The average molecular weight is 190 g/mol. The van der Waals surface area contributed by atoms with E-state index in [9.17, 15) is 0 Å². The van der Waals surface area contributed by atoms with Crippen LogP contribution in [0.15, 0.2) is 24.3 Å². The van der Waals surface area contributed by atoms with Crippen molar-refractivity contribution in [1.29, 1.82) is 0 Å². The number of hydrogen-bond acceptors (Lipinski definition) is 1. The predicted molar refractivity (Wildman–Crippen MR) is 56.5 cm³/mol. The van der Waals surface area contributed by atoms with Gasteiger partial charge in [-0.1, -0.05) is 24.3 Å². The summed E-state index contributed by atoms with van der Waals surface area (Å²) in [6, 6.07) is 0. The lowest BCUT2D eigenvalue weighted by molar-refractivity contribution is 0.0672. The zero-order chi connectivity index (χ0) is 8.41. The van der Waals surface area contributed by atoms with Crippen molar-refractivity contribution in [2.75, 3.05) is 11.5 Å². The van der Waals surface area contributed by atoms with E-state index in [0.29, 0.717) is 0 Å². The summed E-state index contributed by atoms with van der Waals surface area (Å²) in [4.78, 5) is 0. The number of allylic oxidation sites excluding steroid dienone is 4. The van der Waals surface area contributed by atoms with Gasteiger partial charge in [-0.15, -0.1) is 0 Å². The largest absolute Gasteiger partial charge is 0.161 e. The first-order valence-corrected chi connectivity index (χ1v) is 6.55. The fourth-order valence-corrected chi connectivity index (χ4v) is 5.51. The molecule has 0 radical (unpaired) electrons. The number of rotatable bonds is 0. The van der Waals surface area contributed by atoms with Crippen molar-refractivity contribution in [2.24, 2.45) is 35.5 Å². The van der Waals surface area contributed by atoms with Gasteiger partial charge in [-0.3, -0.25) is 0 Å². The van der Waals surface area contributed by atoms with Crippen LogP contribution in [0.5, 0.6) is 0 Å². The maximum Gasteiger partial charge on any atom is -0.00300 e. The summed E-state index contributed by atoms with van der Waals surface area (Å²) >= 11 is 2.19. The minimum atomic E-state index is 0.917. The zero-order valence-corrected chi connectivity index (χ0v) is 8.41. The van der Waals surface area contributed by atoms with Gasteiger partial charge in [0, 0.05) is 0 Å². The summed E-state index contributed by atoms with van der Waals surface area (Å²) in [6.45, 7) is 0.